The van der Waals surface area contributed by atoms with E-state index in [0.717, 1.165) is 13.0 Å². The van der Waals surface area contributed by atoms with E-state index in [-0.39, 0.29) is 0 Å². The lowest BCUT2D eigenvalue weighted by molar-refractivity contribution is -0.302. The zero-order chi connectivity index (χ0) is 11.4. The molecular formula is C12H22O4. The molecule has 0 bridgehead atoms. The van der Waals surface area contributed by atoms with E-state index >= 15 is 0 Å². The highest BCUT2D eigenvalue weighted by molar-refractivity contribution is 4.70. The van der Waals surface area contributed by atoms with Crippen LogP contribution < -0.4 is 0 Å². The van der Waals surface area contributed by atoms with Crippen molar-refractivity contribution in [2.45, 2.75) is 45.2 Å². The van der Waals surface area contributed by atoms with E-state index in [1.807, 2.05) is 0 Å². The van der Waals surface area contributed by atoms with Crippen LogP contribution in [0.1, 0.15) is 32.6 Å². The van der Waals surface area contributed by atoms with Gasteiger partial charge in [0, 0.05) is 12.5 Å². The Labute approximate surface area is 96.9 Å². The second kappa shape index (κ2) is 5.96. The van der Waals surface area contributed by atoms with Crippen LogP contribution >= 0.6 is 0 Å². The summed E-state index contributed by atoms with van der Waals surface area (Å²) >= 11 is 0. The molecule has 4 heteroatoms. The molecule has 2 heterocycles. The highest BCUT2D eigenvalue weighted by Crippen LogP contribution is 2.25. The Morgan fingerprint density at radius 2 is 1.56 bits per heavy atom. The Balaban J connectivity index is 1.60. The number of ether oxygens (including phenoxy) is 3. The summed E-state index contributed by atoms with van der Waals surface area (Å²) < 4.78 is 15.7. The molecule has 0 saturated carbocycles. The smallest absolute Gasteiger partial charge is 0.269 e. The number of hydrogen-bond donors (Lipinski definition) is 1. The average Bonchev–Trinajstić information content (AvgIpc) is 2.30. The zero-order valence-corrected chi connectivity index (χ0v) is 9.93. The predicted molar refractivity (Wildman–Crippen MR) is 58.8 cm³/mol. The minimum absolute atomic E-state index is 0.433. The molecule has 0 amide bonds. The van der Waals surface area contributed by atoms with Crippen LogP contribution in [0.25, 0.3) is 0 Å². The van der Waals surface area contributed by atoms with Crippen LogP contribution in [0, 0.1) is 11.8 Å². The molecule has 4 nitrogen and oxygen atoms in total. The molecule has 16 heavy (non-hydrogen) atoms. The van der Waals surface area contributed by atoms with Crippen molar-refractivity contribution < 1.29 is 19.3 Å². The first kappa shape index (κ1) is 12.3. The van der Waals surface area contributed by atoms with Crippen molar-refractivity contribution in [1.82, 2.24) is 0 Å². The van der Waals surface area contributed by atoms with Gasteiger partial charge in [-0.2, -0.15) is 0 Å². The van der Waals surface area contributed by atoms with E-state index in [0.29, 0.717) is 31.2 Å². The first-order chi connectivity index (χ1) is 7.74. The number of aliphatic hydroxyl groups excluding tert-OH is 1. The largest absolute Gasteiger partial charge is 0.378 e. The Morgan fingerprint density at radius 3 is 2.19 bits per heavy atom. The van der Waals surface area contributed by atoms with E-state index in [1.54, 1.807) is 0 Å². The van der Waals surface area contributed by atoms with E-state index in [4.69, 9.17) is 19.3 Å². The molecule has 2 atom stereocenters. The molecule has 0 aliphatic carbocycles. The van der Waals surface area contributed by atoms with Crippen molar-refractivity contribution in [1.29, 1.82) is 0 Å². The van der Waals surface area contributed by atoms with Gasteiger partial charge in [-0.15, -0.1) is 0 Å². The Kier molecular flexibility index (Phi) is 4.58. The normalized spacial score (nSPS) is 40.9. The maximum absolute atomic E-state index is 9.01. The summed E-state index contributed by atoms with van der Waals surface area (Å²) in [6.45, 7) is 3.27. The lowest BCUT2D eigenvalue weighted by Gasteiger charge is -2.30. The molecule has 2 aliphatic rings. The molecule has 0 spiro atoms. The third-order valence-electron chi connectivity index (χ3n) is 3.53. The van der Waals surface area contributed by atoms with Gasteiger partial charge in [-0.3, -0.25) is 0 Å². The highest BCUT2D eigenvalue weighted by Gasteiger charge is 2.23. The van der Waals surface area contributed by atoms with Crippen molar-refractivity contribution >= 4 is 0 Å². The molecule has 0 aromatic carbocycles. The van der Waals surface area contributed by atoms with Crippen LogP contribution in [0.5, 0.6) is 0 Å². The lowest BCUT2D eigenvalue weighted by atomic mass is 9.91. The standard InChI is InChI=1S/C12H22O4/c1-9-2-3-10(6-14-9)4-5-11-7-15-12(13)16-8-11/h9-13H,2-8H2,1H3. The predicted octanol–water partition coefficient (Wildman–Crippen LogP) is 1.52. The average molecular weight is 230 g/mol. The maximum Gasteiger partial charge on any atom is 0.269 e. The molecule has 1 N–H and O–H groups in total. The van der Waals surface area contributed by atoms with Gasteiger partial charge < -0.3 is 19.3 Å². The van der Waals surface area contributed by atoms with Crippen molar-refractivity contribution in [2.75, 3.05) is 19.8 Å². The lowest BCUT2D eigenvalue weighted by Crippen LogP contribution is -2.32. The van der Waals surface area contributed by atoms with Crippen LogP contribution in [-0.4, -0.2) is 37.5 Å². The van der Waals surface area contributed by atoms with Crippen LogP contribution in [-0.2, 0) is 14.2 Å². The van der Waals surface area contributed by atoms with Crippen molar-refractivity contribution in [3.05, 3.63) is 0 Å². The summed E-state index contributed by atoms with van der Waals surface area (Å²) in [5.41, 5.74) is 0. The number of aliphatic hydroxyl groups is 1. The van der Waals surface area contributed by atoms with Gasteiger partial charge in [0.1, 0.15) is 0 Å². The Hall–Kier alpha value is -0.160. The second-order valence-electron chi connectivity index (χ2n) is 5.00. The quantitative estimate of drug-likeness (QED) is 0.798. The first-order valence-corrected chi connectivity index (χ1v) is 6.27. The van der Waals surface area contributed by atoms with E-state index < -0.39 is 6.48 Å². The second-order valence-corrected chi connectivity index (χ2v) is 5.00. The van der Waals surface area contributed by atoms with Crippen LogP contribution in [0.3, 0.4) is 0 Å². The third-order valence-corrected chi connectivity index (χ3v) is 3.53. The molecular weight excluding hydrogens is 208 g/mol. The monoisotopic (exact) mass is 230 g/mol. The fraction of sp³-hybridized carbons (Fsp3) is 1.00. The van der Waals surface area contributed by atoms with Gasteiger partial charge in [0.25, 0.3) is 6.48 Å². The first-order valence-electron chi connectivity index (χ1n) is 6.27. The number of hydrogen-bond acceptors (Lipinski definition) is 4. The SMILES string of the molecule is CC1CCC(CCC2COC(O)OC2)CO1. The summed E-state index contributed by atoms with van der Waals surface area (Å²) in [6.07, 6.45) is 5.18. The van der Waals surface area contributed by atoms with Gasteiger partial charge in [-0.05, 0) is 38.5 Å². The summed E-state index contributed by atoms with van der Waals surface area (Å²) in [6, 6.07) is 0. The van der Waals surface area contributed by atoms with Gasteiger partial charge in [0.05, 0.1) is 19.3 Å². The minimum atomic E-state index is -1.00. The fourth-order valence-corrected chi connectivity index (χ4v) is 2.34. The molecule has 2 aliphatic heterocycles. The Morgan fingerprint density at radius 1 is 0.938 bits per heavy atom. The number of rotatable bonds is 3. The molecule has 0 aromatic heterocycles. The Bertz CT molecular complexity index is 171. The maximum atomic E-state index is 9.01. The molecule has 2 rings (SSSR count). The van der Waals surface area contributed by atoms with Gasteiger partial charge in [-0.1, -0.05) is 0 Å². The third kappa shape index (κ3) is 3.70. The molecule has 2 fully saturated rings. The van der Waals surface area contributed by atoms with Gasteiger partial charge in [0.15, 0.2) is 0 Å². The van der Waals surface area contributed by atoms with E-state index in [9.17, 15) is 0 Å². The van der Waals surface area contributed by atoms with Crippen molar-refractivity contribution in [2.24, 2.45) is 11.8 Å². The molecule has 0 aromatic rings. The minimum Gasteiger partial charge on any atom is -0.378 e. The summed E-state index contributed by atoms with van der Waals surface area (Å²) in [5, 5.41) is 9.01. The van der Waals surface area contributed by atoms with Crippen LogP contribution in [0.15, 0.2) is 0 Å². The molecule has 0 radical (unpaired) electrons. The molecule has 2 unspecified atom stereocenters. The summed E-state index contributed by atoms with van der Waals surface area (Å²) in [5.74, 6) is 1.13. The molecule has 2 saturated heterocycles. The summed E-state index contributed by atoms with van der Waals surface area (Å²) in [7, 11) is 0. The summed E-state index contributed by atoms with van der Waals surface area (Å²) in [4.78, 5) is 0. The topological polar surface area (TPSA) is 47.9 Å². The van der Waals surface area contributed by atoms with Crippen molar-refractivity contribution in [3.63, 3.8) is 0 Å². The highest BCUT2D eigenvalue weighted by atomic mass is 16.8. The van der Waals surface area contributed by atoms with Crippen LogP contribution in [0.2, 0.25) is 0 Å². The van der Waals surface area contributed by atoms with Crippen molar-refractivity contribution in [3.8, 4) is 0 Å². The fourth-order valence-electron chi connectivity index (χ4n) is 2.34. The van der Waals surface area contributed by atoms with E-state index in [2.05, 4.69) is 6.92 Å². The van der Waals surface area contributed by atoms with Gasteiger partial charge in [-0.25, -0.2) is 0 Å². The molecule has 94 valence electrons. The van der Waals surface area contributed by atoms with E-state index in [1.165, 1.54) is 19.3 Å². The van der Waals surface area contributed by atoms with Gasteiger partial charge >= 0.3 is 0 Å². The van der Waals surface area contributed by atoms with Gasteiger partial charge in [0.2, 0.25) is 0 Å². The zero-order valence-electron chi connectivity index (χ0n) is 9.93. The van der Waals surface area contributed by atoms with Crippen LogP contribution in [0.4, 0.5) is 0 Å².